The van der Waals surface area contributed by atoms with Gasteiger partial charge < -0.3 is 15.8 Å². The SMILES string of the molecule is NC(=O)COCCNc1nc2ccc(Br)cn2n1. The number of nitrogens with zero attached hydrogens (tertiary/aromatic N) is 3. The molecule has 0 atom stereocenters. The van der Waals surface area contributed by atoms with Crippen LogP contribution in [0.3, 0.4) is 0 Å². The van der Waals surface area contributed by atoms with Crippen molar-refractivity contribution in [1.82, 2.24) is 14.6 Å². The number of pyridine rings is 1. The third kappa shape index (κ3) is 3.41. The maximum atomic E-state index is 10.4. The zero-order chi connectivity index (χ0) is 13.0. The lowest BCUT2D eigenvalue weighted by molar-refractivity contribution is -0.122. The molecule has 0 spiro atoms. The van der Waals surface area contributed by atoms with Gasteiger partial charge in [0.2, 0.25) is 11.9 Å². The number of halogens is 1. The maximum Gasteiger partial charge on any atom is 0.243 e. The van der Waals surface area contributed by atoms with Crippen LogP contribution in [0.15, 0.2) is 22.8 Å². The third-order valence-corrected chi connectivity index (χ3v) is 2.54. The van der Waals surface area contributed by atoms with E-state index in [9.17, 15) is 4.79 Å². The van der Waals surface area contributed by atoms with Gasteiger partial charge in [0.25, 0.3) is 0 Å². The zero-order valence-corrected chi connectivity index (χ0v) is 11.1. The molecule has 7 nitrogen and oxygen atoms in total. The Hall–Kier alpha value is -1.67. The molecular formula is C10H12BrN5O2. The molecule has 0 unspecified atom stereocenters. The highest BCUT2D eigenvalue weighted by Gasteiger charge is 2.02. The molecular weight excluding hydrogens is 302 g/mol. The lowest BCUT2D eigenvalue weighted by Gasteiger charge is -2.01. The van der Waals surface area contributed by atoms with E-state index in [0.29, 0.717) is 19.1 Å². The van der Waals surface area contributed by atoms with Crippen LogP contribution in [-0.2, 0) is 9.53 Å². The van der Waals surface area contributed by atoms with Gasteiger partial charge in [-0.25, -0.2) is 4.52 Å². The number of nitrogens with two attached hydrogens (primary N) is 1. The Morgan fingerprint density at radius 3 is 3.17 bits per heavy atom. The predicted molar refractivity (Wildman–Crippen MR) is 69.2 cm³/mol. The Morgan fingerprint density at radius 2 is 2.39 bits per heavy atom. The largest absolute Gasteiger partial charge is 0.370 e. The Morgan fingerprint density at radius 1 is 1.56 bits per heavy atom. The van der Waals surface area contributed by atoms with Crippen molar-refractivity contribution in [2.24, 2.45) is 5.73 Å². The summed E-state index contributed by atoms with van der Waals surface area (Å²) >= 11 is 3.36. The molecule has 2 aromatic rings. The van der Waals surface area contributed by atoms with E-state index in [0.717, 1.165) is 10.1 Å². The first-order chi connectivity index (χ1) is 8.65. The minimum absolute atomic E-state index is 0.0762. The van der Waals surface area contributed by atoms with Gasteiger partial charge in [-0.3, -0.25) is 4.79 Å². The lowest BCUT2D eigenvalue weighted by Crippen LogP contribution is -2.20. The van der Waals surface area contributed by atoms with E-state index in [1.807, 2.05) is 18.3 Å². The van der Waals surface area contributed by atoms with E-state index >= 15 is 0 Å². The predicted octanol–water partition coefficient (Wildman–Crippen LogP) is 0.406. The van der Waals surface area contributed by atoms with Gasteiger partial charge in [0.05, 0.1) is 6.61 Å². The van der Waals surface area contributed by atoms with Gasteiger partial charge in [0.1, 0.15) is 6.61 Å². The minimum Gasteiger partial charge on any atom is -0.370 e. The van der Waals surface area contributed by atoms with Crippen LogP contribution in [0, 0.1) is 0 Å². The molecule has 1 amide bonds. The molecule has 0 saturated carbocycles. The molecule has 0 saturated heterocycles. The number of hydrogen-bond donors (Lipinski definition) is 2. The van der Waals surface area contributed by atoms with Crippen LogP contribution in [-0.4, -0.2) is 40.3 Å². The molecule has 2 rings (SSSR count). The molecule has 0 aliphatic rings. The number of carbonyl (C=O) groups is 1. The summed E-state index contributed by atoms with van der Waals surface area (Å²) in [4.78, 5) is 14.7. The van der Waals surface area contributed by atoms with Crippen LogP contribution < -0.4 is 11.1 Å². The fraction of sp³-hybridized carbons (Fsp3) is 0.300. The summed E-state index contributed by atoms with van der Waals surface area (Å²) in [6.45, 7) is 0.792. The van der Waals surface area contributed by atoms with Crippen molar-refractivity contribution in [2.45, 2.75) is 0 Å². The second-order valence-electron chi connectivity index (χ2n) is 3.53. The van der Waals surface area contributed by atoms with Gasteiger partial charge in [-0.15, -0.1) is 5.10 Å². The quantitative estimate of drug-likeness (QED) is 0.753. The highest BCUT2D eigenvalue weighted by atomic mass is 79.9. The molecule has 18 heavy (non-hydrogen) atoms. The van der Waals surface area contributed by atoms with Gasteiger partial charge in [-0.1, -0.05) is 0 Å². The average Bonchev–Trinajstić information content (AvgIpc) is 2.70. The fourth-order valence-electron chi connectivity index (χ4n) is 1.34. The molecule has 0 bridgehead atoms. The second kappa shape index (κ2) is 5.78. The van der Waals surface area contributed by atoms with Crippen LogP contribution in [0.25, 0.3) is 5.65 Å². The monoisotopic (exact) mass is 313 g/mol. The number of fused-ring (bicyclic) bond motifs is 1. The van der Waals surface area contributed by atoms with Crippen LogP contribution in [0.1, 0.15) is 0 Å². The smallest absolute Gasteiger partial charge is 0.243 e. The van der Waals surface area contributed by atoms with Crippen molar-refractivity contribution in [2.75, 3.05) is 25.1 Å². The number of primary amides is 1. The Labute approximate surface area is 111 Å². The Balaban J connectivity index is 1.86. The van der Waals surface area contributed by atoms with E-state index in [2.05, 4.69) is 31.3 Å². The maximum absolute atomic E-state index is 10.4. The molecule has 8 heteroatoms. The number of nitrogens with one attached hydrogen (secondary N) is 1. The lowest BCUT2D eigenvalue weighted by atomic mass is 10.5. The third-order valence-electron chi connectivity index (χ3n) is 2.07. The molecule has 3 N–H and O–H groups in total. The molecule has 0 fully saturated rings. The highest BCUT2D eigenvalue weighted by molar-refractivity contribution is 9.10. The highest BCUT2D eigenvalue weighted by Crippen LogP contribution is 2.11. The molecule has 2 aromatic heterocycles. The molecule has 0 aromatic carbocycles. The normalized spacial score (nSPS) is 10.7. The van der Waals surface area contributed by atoms with Crippen molar-refractivity contribution in [1.29, 1.82) is 0 Å². The summed E-state index contributed by atoms with van der Waals surface area (Å²) in [6.07, 6.45) is 1.82. The van der Waals surface area contributed by atoms with E-state index < -0.39 is 5.91 Å². The van der Waals surface area contributed by atoms with E-state index in [4.69, 9.17) is 10.5 Å². The first-order valence-corrected chi connectivity index (χ1v) is 6.06. The fourth-order valence-corrected chi connectivity index (χ4v) is 1.67. The molecule has 2 heterocycles. The Bertz CT molecular complexity index is 556. The summed E-state index contributed by atoms with van der Waals surface area (Å²) in [6, 6.07) is 3.75. The number of hydrogen-bond acceptors (Lipinski definition) is 5. The van der Waals surface area contributed by atoms with Gasteiger partial charge in [-0.05, 0) is 28.1 Å². The van der Waals surface area contributed by atoms with Crippen molar-refractivity contribution < 1.29 is 9.53 Å². The first kappa shape index (κ1) is 12.8. The van der Waals surface area contributed by atoms with Crippen LogP contribution in [0.4, 0.5) is 5.95 Å². The van der Waals surface area contributed by atoms with Gasteiger partial charge in [0.15, 0.2) is 5.65 Å². The van der Waals surface area contributed by atoms with Crippen molar-refractivity contribution in [3.05, 3.63) is 22.8 Å². The van der Waals surface area contributed by atoms with Crippen molar-refractivity contribution in [3.8, 4) is 0 Å². The molecule has 96 valence electrons. The molecule has 0 aliphatic carbocycles. The molecule has 0 radical (unpaired) electrons. The van der Waals surface area contributed by atoms with Crippen LogP contribution in [0.5, 0.6) is 0 Å². The standard InChI is InChI=1S/C10H12BrN5O2/c11-7-1-2-9-14-10(15-16(9)5-7)13-3-4-18-6-8(12)17/h1-2,5H,3-4,6H2,(H2,12,17)(H,13,15). The number of rotatable bonds is 6. The van der Waals surface area contributed by atoms with Crippen LogP contribution >= 0.6 is 15.9 Å². The number of ether oxygens (including phenoxy) is 1. The van der Waals surface area contributed by atoms with E-state index in [1.54, 1.807) is 4.52 Å². The van der Waals surface area contributed by atoms with Crippen LogP contribution in [0.2, 0.25) is 0 Å². The average molecular weight is 314 g/mol. The van der Waals surface area contributed by atoms with Crippen molar-refractivity contribution in [3.63, 3.8) is 0 Å². The summed E-state index contributed by atoms with van der Waals surface area (Å²) in [5.74, 6) is 0.0291. The van der Waals surface area contributed by atoms with Gasteiger partial charge in [0, 0.05) is 17.2 Å². The zero-order valence-electron chi connectivity index (χ0n) is 9.47. The Kier molecular flexibility index (Phi) is 4.11. The second-order valence-corrected chi connectivity index (χ2v) is 4.45. The number of anilines is 1. The van der Waals surface area contributed by atoms with Crippen molar-refractivity contribution >= 4 is 33.4 Å². The summed E-state index contributed by atoms with van der Waals surface area (Å²) in [5.41, 5.74) is 5.68. The van der Waals surface area contributed by atoms with E-state index in [1.165, 1.54) is 0 Å². The summed E-state index contributed by atoms with van der Waals surface area (Å²) in [5, 5.41) is 7.22. The molecule has 0 aliphatic heterocycles. The summed E-state index contributed by atoms with van der Waals surface area (Å²) in [7, 11) is 0. The van der Waals surface area contributed by atoms with Gasteiger partial charge in [-0.2, -0.15) is 4.98 Å². The number of amides is 1. The van der Waals surface area contributed by atoms with Gasteiger partial charge >= 0.3 is 0 Å². The number of aromatic nitrogens is 3. The van der Waals surface area contributed by atoms with E-state index in [-0.39, 0.29) is 6.61 Å². The minimum atomic E-state index is -0.481. The first-order valence-electron chi connectivity index (χ1n) is 5.27. The topological polar surface area (TPSA) is 94.5 Å². The number of carbonyl (C=O) groups excluding carboxylic acids is 1. The summed E-state index contributed by atoms with van der Waals surface area (Å²) < 4.78 is 7.59.